The first-order valence-corrected chi connectivity index (χ1v) is 15.0. The number of aliphatic carboxylic acids is 1. The van der Waals surface area contributed by atoms with Gasteiger partial charge in [-0.2, -0.15) is 0 Å². The summed E-state index contributed by atoms with van der Waals surface area (Å²) in [6, 6.07) is 33.0. The highest BCUT2D eigenvalue weighted by Gasteiger charge is 2.37. The van der Waals surface area contributed by atoms with Crippen molar-refractivity contribution in [3.8, 4) is 11.5 Å². The van der Waals surface area contributed by atoms with Gasteiger partial charge in [-0.3, -0.25) is 9.59 Å². The van der Waals surface area contributed by atoms with Crippen LogP contribution in [0.4, 0.5) is 5.13 Å². The average molecular weight is 650 g/mol. The minimum absolute atomic E-state index is 0.0494. The van der Waals surface area contributed by atoms with E-state index in [1.165, 1.54) is 17.5 Å². The molecular weight excluding hydrogens is 622 g/mol. The largest absolute Gasteiger partial charge is 0.476 e. The van der Waals surface area contributed by atoms with Crippen molar-refractivity contribution >= 4 is 46.1 Å². The molecule has 0 bridgehead atoms. The van der Waals surface area contributed by atoms with Gasteiger partial charge in [0.15, 0.2) is 16.6 Å². The number of ether oxygens (including phenoxy) is 2. The Labute approximate surface area is 273 Å². The quantitative estimate of drug-likeness (QED) is 0.0432. The van der Waals surface area contributed by atoms with Crippen molar-refractivity contribution in [2.24, 2.45) is 5.16 Å². The van der Waals surface area contributed by atoms with E-state index in [4.69, 9.17) is 14.3 Å². The van der Waals surface area contributed by atoms with E-state index in [1.807, 2.05) is 91.0 Å². The molecule has 0 saturated heterocycles. The number of aromatic nitrogens is 1. The first-order valence-electron chi connectivity index (χ1n) is 14.1. The molecular formula is C35H27N3O8S. The number of rotatable bonds is 11. The van der Waals surface area contributed by atoms with Gasteiger partial charge in [-0.15, -0.1) is 11.3 Å². The van der Waals surface area contributed by atoms with Crippen LogP contribution >= 0.6 is 11.3 Å². The summed E-state index contributed by atoms with van der Waals surface area (Å²) in [5, 5.41) is 19.0. The maximum absolute atomic E-state index is 12.8. The Morgan fingerprint density at radius 1 is 0.745 bits per heavy atom. The van der Waals surface area contributed by atoms with E-state index in [-0.39, 0.29) is 22.8 Å². The molecule has 4 aromatic carbocycles. The van der Waals surface area contributed by atoms with Gasteiger partial charge in [-0.25, -0.2) is 14.6 Å². The lowest BCUT2D eigenvalue weighted by molar-refractivity contribution is -0.134. The summed E-state index contributed by atoms with van der Waals surface area (Å²) < 4.78 is 10.0. The molecule has 0 aliphatic carbocycles. The molecule has 236 valence electrons. The first kappa shape index (κ1) is 32.3. The van der Waals surface area contributed by atoms with Gasteiger partial charge in [-0.05, 0) is 34.9 Å². The number of carbonyl (C=O) groups is 4. The predicted octanol–water partition coefficient (Wildman–Crippen LogP) is 6.04. The highest BCUT2D eigenvalue weighted by atomic mass is 32.1. The van der Waals surface area contributed by atoms with Crippen LogP contribution in [-0.4, -0.2) is 39.7 Å². The average Bonchev–Trinajstić information content (AvgIpc) is 3.53. The summed E-state index contributed by atoms with van der Waals surface area (Å²) in [6.07, 6.45) is 0. The Balaban J connectivity index is 1.48. The number of thiazole rings is 1. The van der Waals surface area contributed by atoms with Gasteiger partial charge in [0.05, 0.1) is 5.56 Å². The van der Waals surface area contributed by atoms with Crippen molar-refractivity contribution in [2.75, 3.05) is 5.32 Å². The number of carboxylic acids is 1. The van der Waals surface area contributed by atoms with Crippen LogP contribution in [0.25, 0.3) is 0 Å². The summed E-state index contributed by atoms with van der Waals surface area (Å²) in [6.45, 7) is 2.29. The van der Waals surface area contributed by atoms with Crippen molar-refractivity contribution < 1.29 is 38.6 Å². The minimum atomic E-state index is -1.49. The lowest BCUT2D eigenvalue weighted by Gasteiger charge is -2.36. The number of carbonyl (C=O) groups excluding carboxylic acids is 3. The molecule has 0 aliphatic heterocycles. The van der Waals surface area contributed by atoms with Crippen molar-refractivity contribution in [1.82, 2.24) is 4.98 Å². The minimum Gasteiger partial charge on any atom is -0.476 e. The number of hydrogen-bond acceptors (Lipinski definition) is 11. The number of carboxylic acid groups (broad SMARTS) is 1. The van der Waals surface area contributed by atoms with E-state index in [9.17, 15) is 24.3 Å². The fraction of sp³-hybridized carbons (Fsp3) is 0.0857. The highest BCUT2D eigenvalue weighted by Crippen LogP contribution is 2.40. The van der Waals surface area contributed by atoms with Crippen LogP contribution in [0, 0.1) is 0 Å². The SMILES string of the molecule is CC(=O)Oc1ccc(C(=O)ON=C(C(=O)O)c2csc(NC(c3ccccc3)(c3ccccc3)c3ccccc3)n2)cc1OC(C)=O. The highest BCUT2D eigenvalue weighted by molar-refractivity contribution is 7.14. The molecule has 0 spiro atoms. The number of nitrogens with zero attached hydrogens (tertiary/aromatic N) is 2. The maximum Gasteiger partial charge on any atom is 0.365 e. The Morgan fingerprint density at radius 2 is 1.26 bits per heavy atom. The zero-order valence-corrected chi connectivity index (χ0v) is 25.9. The molecule has 0 aliphatic rings. The van der Waals surface area contributed by atoms with Crippen LogP contribution in [0.1, 0.15) is 46.6 Å². The van der Waals surface area contributed by atoms with Crippen LogP contribution in [0.3, 0.4) is 0 Å². The second-order valence-electron chi connectivity index (χ2n) is 9.98. The fourth-order valence-electron chi connectivity index (χ4n) is 4.83. The topological polar surface area (TPSA) is 153 Å². The third-order valence-electron chi connectivity index (χ3n) is 6.77. The Kier molecular flexibility index (Phi) is 9.82. The molecule has 0 atom stereocenters. The van der Waals surface area contributed by atoms with E-state index in [2.05, 4.69) is 15.5 Å². The van der Waals surface area contributed by atoms with Gasteiger partial charge >= 0.3 is 23.9 Å². The van der Waals surface area contributed by atoms with E-state index in [0.29, 0.717) is 5.13 Å². The molecule has 0 unspecified atom stereocenters. The zero-order chi connectivity index (χ0) is 33.4. The molecule has 5 aromatic rings. The molecule has 0 radical (unpaired) electrons. The smallest absolute Gasteiger partial charge is 0.365 e. The number of hydrogen-bond donors (Lipinski definition) is 2. The number of oxime groups is 1. The van der Waals surface area contributed by atoms with Gasteiger partial charge < -0.3 is 24.7 Å². The number of benzene rings is 4. The molecule has 5 rings (SSSR count). The van der Waals surface area contributed by atoms with Gasteiger partial charge in [-0.1, -0.05) is 96.2 Å². The Bertz CT molecular complexity index is 1850. The molecule has 47 heavy (non-hydrogen) atoms. The molecule has 0 fully saturated rings. The summed E-state index contributed by atoms with van der Waals surface area (Å²) >= 11 is 1.15. The maximum atomic E-state index is 12.8. The standard InChI is InChI=1S/C35H27N3O8S/c1-22(39)44-29-19-18-24(20-30(29)45-23(2)40)33(43)46-38-31(32(41)42)28-21-47-34(36-28)37-35(25-12-6-3-7-13-25,26-14-8-4-9-15-26)27-16-10-5-11-17-27/h3-21H,1-2H3,(H,36,37)(H,41,42). The van der Waals surface area contributed by atoms with Crippen molar-refractivity contribution in [2.45, 2.75) is 19.4 Å². The summed E-state index contributed by atoms with van der Waals surface area (Å²) in [5.74, 6) is -4.25. The lowest BCUT2D eigenvalue weighted by Crippen LogP contribution is -2.38. The van der Waals surface area contributed by atoms with Crippen LogP contribution in [0.5, 0.6) is 11.5 Å². The van der Waals surface area contributed by atoms with Gasteiger partial charge in [0.1, 0.15) is 11.2 Å². The molecule has 2 N–H and O–H groups in total. The third kappa shape index (κ3) is 7.40. The van der Waals surface area contributed by atoms with E-state index in [0.717, 1.165) is 47.9 Å². The third-order valence-corrected chi connectivity index (χ3v) is 7.53. The van der Waals surface area contributed by atoms with Crippen LogP contribution in [0.2, 0.25) is 0 Å². The van der Waals surface area contributed by atoms with E-state index in [1.54, 1.807) is 0 Å². The van der Waals surface area contributed by atoms with Crippen molar-refractivity contribution in [3.63, 3.8) is 0 Å². The molecule has 0 saturated carbocycles. The van der Waals surface area contributed by atoms with Crippen LogP contribution in [0.15, 0.2) is 120 Å². The summed E-state index contributed by atoms with van der Waals surface area (Å²) in [4.78, 5) is 57.5. The van der Waals surface area contributed by atoms with Crippen LogP contribution in [-0.2, 0) is 24.8 Å². The van der Waals surface area contributed by atoms with E-state index < -0.39 is 35.1 Å². The normalized spacial score (nSPS) is 11.3. The van der Waals surface area contributed by atoms with Crippen LogP contribution < -0.4 is 14.8 Å². The zero-order valence-electron chi connectivity index (χ0n) is 25.1. The van der Waals surface area contributed by atoms with E-state index >= 15 is 0 Å². The van der Waals surface area contributed by atoms with Gasteiger partial charge in [0.25, 0.3) is 0 Å². The fourth-order valence-corrected chi connectivity index (χ4v) is 5.58. The molecule has 12 heteroatoms. The Hall–Kier alpha value is -6.14. The van der Waals surface area contributed by atoms with Gasteiger partial charge in [0.2, 0.25) is 5.71 Å². The predicted molar refractivity (Wildman–Crippen MR) is 174 cm³/mol. The number of esters is 2. The monoisotopic (exact) mass is 649 g/mol. The second-order valence-corrected chi connectivity index (χ2v) is 10.8. The number of anilines is 1. The number of nitrogens with one attached hydrogen (secondary N) is 1. The van der Waals surface area contributed by atoms with Crippen molar-refractivity contribution in [3.05, 3.63) is 143 Å². The summed E-state index contributed by atoms with van der Waals surface area (Å²) in [7, 11) is 0. The van der Waals surface area contributed by atoms with Crippen molar-refractivity contribution in [1.29, 1.82) is 0 Å². The first-order chi connectivity index (χ1) is 22.7. The molecule has 1 heterocycles. The molecule has 1 aromatic heterocycles. The Morgan fingerprint density at radius 3 is 1.74 bits per heavy atom. The second kappa shape index (κ2) is 14.3. The molecule has 11 nitrogen and oxygen atoms in total. The summed E-state index contributed by atoms with van der Waals surface area (Å²) in [5.41, 5.74) is 1.03. The van der Waals surface area contributed by atoms with Gasteiger partial charge in [0, 0.05) is 19.2 Å². The lowest BCUT2D eigenvalue weighted by atomic mass is 9.77. The molecule has 0 amide bonds.